The average molecular weight is 459 g/mol. The molecule has 0 saturated carbocycles. The maximum atomic E-state index is 13.8. The molecule has 3 heterocycles. The van der Waals surface area contributed by atoms with Crippen LogP contribution in [-0.2, 0) is 19.2 Å². The number of ether oxygens (including phenoxy) is 1. The number of rotatable bonds is 3. The van der Waals surface area contributed by atoms with E-state index in [4.69, 9.17) is 4.74 Å². The lowest BCUT2D eigenvalue weighted by Gasteiger charge is -2.37. The van der Waals surface area contributed by atoms with Gasteiger partial charge in [0.15, 0.2) is 5.78 Å². The van der Waals surface area contributed by atoms with E-state index >= 15 is 0 Å². The van der Waals surface area contributed by atoms with Crippen LogP contribution in [-0.4, -0.2) is 34.5 Å². The van der Waals surface area contributed by atoms with Gasteiger partial charge in [-0.3, -0.25) is 19.2 Å². The van der Waals surface area contributed by atoms with Crippen molar-refractivity contribution in [3.05, 3.63) is 65.9 Å². The lowest BCUT2D eigenvalue weighted by molar-refractivity contribution is -0.135. The van der Waals surface area contributed by atoms with E-state index in [0.717, 1.165) is 11.1 Å². The number of anilines is 1. The van der Waals surface area contributed by atoms with Crippen LogP contribution in [0.3, 0.4) is 0 Å². The minimum atomic E-state index is -0.784. The van der Waals surface area contributed by atoms with Crippen LogP contribution in [0, 0.1) is 17.3 Å². The molecule has 0 bridgehead atoms. The summed E-state index contributed by atoms with van der Waals surface area (Å²) >= 11 is 0. The molecule has 2 aromatic carbocycles. The van der Waals surface area contributed by atoms with Gasteiger partial charge in [0, 0.05) is 18.5 Å². The van der Waals surface area contributed by atoms with Gasteiger partial charge in [0.05, 0.1) is 23.6 Å². The van der Waals surface area contributed by atoms with Gasteiger partial charge in [-0.2, -0.15) is 0 Å². The molecule has 2 saturated heterocycles. The van der Waals surface area contributed by atoms with E-state index in [1.54, 1.807) is 24.3 Å². The highest BCUT2D eigenvalue weighted by Crippen LogP contribution is 2.54. The molecule has 0 aromatic heterocycles. The van der Waals surface area contributed by atoms with Gasteiger partial charge in [0.1, 0.15) is 11.8 Å². The van der Waals surface area contributed by atoms with Gasteiger partial charge in [-0.05, 0) is 41.5 Å². The molecule has 5 rings (SSSR count). The maximum absolute atomic E-state index is 13.8. The molecule has 0 N–H and O–H groups in total. The van der Waals surface area contributed by atoms with Crippen LogP contribution in [0.4, 0.5) is 5.69 Å². The Kier molecular flexibility index (Phi) is 4.97. The monoisotopic (exact) mass is 458 g/mol. The SMILES string of the molecule is CC(=O)Oc1ccc(N2C(=O)[C@@H]3[C@H](C2=O)[C@H]2c4ccccc4C=CN2[C@@H]3C(=O)C(C)(C)C)cc1. The van der Waals surface area contributed by atoms with E-state index in [2.05, 4.69) is 0 Å². The Hall–Kier alpha value is -3.74. The van der Waals surface area contributed by atoms with Crippen molar-refractivity contribution < 1.29 is 23.9 Å². The maximum Gasteiger partial charge on any atom is 0.308 e. The largest absolute Gasteiger partial charge is 0.427 e. The Morgan fingerprint density at radius 3 is 2.21 bits per heavy atom. The molecule has 174 valence electrons. The number of esters is 1. The Balaban J connectivity index is 1.59. The third-order valence-electron chi connectivity index (χ3n) is 6.83. The summed E-state index contributed by atoms with van der Waals surface area (Å²) in [5.41, 5.74) is 1.64. The van der Waals surface area contributed by atoms with Crippen molar-refractivity contribution in [3.8, 4) is 5.75 Å². The van der Waals surface area contributed by atoms with Gasteiger partial charge < -0.3 is 9.64 Å². The van der Waals surface area contributed by atoms with Gasteiger partial charge in [-0.1, -0.05) is 45.0 Å². The predicted octanol–water partition coefficient (Wildman–Crippen LogP) is 3.74. The van der Waals surface area contributed by atoms with Crippen molar-refractivity contribution in [1.29, 1.82) is 0 Å². The summed E-state index contributed by atoms with van der Waals surface area (Å²) in [5, 5.41) is 0. The molecule has 2 aromatic rings. The number of hydrogen-bond acceptors (Lipinski definition) is 6. The number of fused-ring (bicyclic) bond motifs is 5. The number of carbonyl (C=O) groups excluding carboxylic acids is 4. The van der Waals surface area contributed by atoms with Crippen LogP contribution in [0.5, 0.6) is 5.75 Å². The number of benzene rings is 2. The molecule has 34 heavy (non-hydrogen) atoms. The van der Waals surface area contributed by atoms with Gasteiger partial charge >= 0.3 is 5.97 Å². The van der Waals surface area contributed by atoms with Crippen molar-refractivity contribution in [2.24, 2.45) is 17.3 Å². The summed E-state index contributed by atoms with van der Waals surface area (Å²) in [6, 6.07) is 12.9. The quantitative estimate of drug-likeness (QED) is 0.396. The van der Waals surface area contributed by atoms with E-state index < -0.39 is 35.3 Å². The standard InChI is InChI=1S/C27H26N2O5/c1-15(30)34-18-11-9-17(10-12-18)29-25(32)20-21(26(29)33)23(24(31)27(2,3)4)28-14-13-16-7-5-6-8-19(16)22(20)28/h5-14,20-23H,1-4H3/t20-,21+,22+,23-/m0/s1. The topological polar surface area (TPSA) is 84.0 Å². The Labute approximate surface area is 198 Å². The lowest BCUT2D eigenvalue weighted by Crippen LogP contribution is -2.47. The second-order valence-corrected chi connectivity index (χ2v) is 10.0. The lowest BCUT2D eigenvalue weighted by atomic mass is 9.79. The zero-order valence-electron chi connectivity index (χ0n) is 19.5. The average Bonchev–Trinajstić information content (AvgIpc) is 3.25. The molecule has 2 amide bonds. The summed E-state index contributed by atoms with van der Waals surface area (Å²) in [6.07, 6.45) is 3.80. The Bertz CT molecular complexity index is 1240. The minimum Gasteiger partial charge on any atom is -0.427 e. The van der Waals surface area contributed by atoms with Crippen molar-refractivity contribution in [1.82, 2.24) is 4.90 Å². The molecule has 4 atom stereocenters. The normalized spacial score (nSPS) is 25.2. The fourth-order valence-corrected chi connectivity index (χ4v) is 5.38. The van der Waals surface area contributed by atoms with Crippen LogP contribution in [0.25, 0.3) is 6.08 Å². The van der Waals surface area contributed by atoms with Crippen LogP contribution in [0.2, 0.25) is 0 Å². The third-order valence-corrected chi connectivity index (χ3v) is 6.83. The summed E-state index contributed by atoms with van der Waals surface area (Å²) in [7, 11) is 0. The first-order valence-corrected chi connectivity index (χ1v) is 11.3. The molecule has 2 fully saturated rings. The number of imide groups is 1. The fourth-order valence-electron chi connectivity index (χ4n) is 5.38. The molecular formula is C27H26N2O5. The molecule has 0 radical (unpaired) electrons. The molecular weight excluding hydrogens is 432 g/mol. The Morgan fingerprint density at radius 1 is 0.912 bits per heavy atom. The third kappa shape index (κ3) is 3.26. The molecule has 7 heteroatoms. The van der Waals surface area contributed by atoms with Crippen molar-refractivity contribution in [3.63, 3.8) is 0 Å². The van der Waals surface area contributed by atoms with Gasteiger partial charge in [0.2, 0.25) is 11.8 Å². The van der Waals surface area contributed by atoms with E-state index in [1.807, 2.05) is 62.2 Å². The fraction of sp³-hybridized carbons (Fsp3) is 0.333. The molecule has 0 aliphatic carbocycles. The van der Waals surface area contributed by atoms with E-state index in [-0.39, 0.29) is 17.6 Å². The number of hydrogen-bond donors (Lipinski definition) is 0. The second kappa shape index (κ2) is 7.65. The molecule has 0 unspecified atom stereocenters. The van der Waals surface area contributed by atoms with Crippen LogP contribution < -0.4 is 9.64 Å². The molecule has 0 spiro atoms. The second-order valence-electron chi connectivity index (χ2n) is 10.0. The Morgan fingerprint density at radius 2 is 1.56 bits per heavy atom. The summed E-state index contributed by atoms with van der Waals surface area (Å²) in [4.78, 5) is 55.5. The van der Waals surface area contributed by atoms with Crippen LogP contribution in [0.1, 0.15) is 44.9 Å². The molecule has 3 aliphatic heterocycles. The van der Waals surface area contributed by atoms with Crippen molar-refractivity contribution in [2.75, 3.05) is 4.90 Å². The number of amides is 2. The first-order chi connectivity index (χ1) is 16.1. The van der Waals surface area contributed by atoms with Crippen molar-refractivity contribution >= 4 is 35.3 Å². The smallest absolute Gasteiger partial charge is 0.308 e. The van der Waals surface area contributed by atoms with E-state index in [0.29, 0.717) is 11.4 Å². The first kappa shape index (κ1) is 22.1. The summed E-state index contributed by atoms with van der Waals surface area (Å²) in [5.74, 6) is -2.35. The highest BCUT2D eigenvalue weighted by atomic mass is 16.5. The highest BCUT2D eigenvalue weighted by molar-refractivity contribution is 6.24. The summed E-state index contributed by atoms with van der Waals surface area (Å²) < 4.78 is 5.07. The zero-order chi connectivity index (χ0) is 24.4. The van der Waals surface area contributed by atoms with E-state index in [1.165, 1.54) is 11.8 Å². The molecule has 7 nitrogen and oxygen atoms in total. The van der Waals surface area contributed by atoms with Crippen LogP contribution >= 0.6 is 0 Å². The number of carbonyl (C=O) groups is 4. The van der Waals surface area contributed by atoms with Crippen LogP contribution in [0.15, 0.2) is 54.7 Å². The number of ketones is 1. The van der Waals surface area contributed by atoms with Gasteiger partial charge in [-0.15, -0.1) is 0 Å². The number of Topliss-reactive ketones (excluding diaryl/α,β-unsaturated/α-hetero) is 1. The van der Waals surface area contributed by atoms with Crippen molar-refractivity contribution in [2.45, 2.75) is 39.8 Å². The van der Waals surface area contributed by atoms with E-state index in [9.17, 15) is 19.2 Å². The zero-order valence-corrected chi connectivity index (χ0v) is 19.5. The first-order valence-electron chi connectivity index (χ1n) is 11.3. The number of nitrogens with zero attached hydrogens (tertiary/aromatic N) is 2. The van der Waals surface area contributed by atoms with Gasteiger partial charge in [0.25, 0.3) is 0 Å². The molecule has 3 aliphatic rings. The predicted molar refractivity (Wildman–Crippen MR) is 126 cm³/mol. The highest BCUT2D eigenvalue weighted by Gasteiger charge is 2.65. The van der Waals surface area contributed by atoms with Gasteiger partial charge in [-0.25, -0.2) is 4.90 Å². The summed E-state index contributed by atoms with van der Waals surface area (Å²) in [6.45, 7) is 6.82. The minimum absolute atomic E-state index is 0.0674.